The number of rotatable bonds is 4. The number of thiophene rings is 1. The lowest BCUT2D eigenvalue weighted by Crippen LogP contribution is -2.18. The van der Waals surface area contributed by atoms with Gasteiger partial charge in [-0.05, 0) is 79.2 Å². The molecule has 0 aliphatic heterocycles. The standard InChI is InChI=1S/C23H21BrN4OS/c1-14-11-16(13-26-27-22(29)18-8-3-5-9-20(18)24)15(2)28(14)23-19(12-25)17-7-4-6-10-21(17)30-23/h3,5,8-9,11,13H,4,6-7,10H2,1-2H3,(H,27,29)/b26-13+. The Balaban J connectivity index is 1.61. The fourth-order valence-electron chi connectivity index (χ4n) is 3.92. The van der Waals surface area contributed by atoms with Crippen LogP contribution in [-0.4, -0.2) is 16.7 Å². The Hall–Kier alpha value is -2.69. The van der Waals surface area contributed by atoms with Crippen LogP contribution in [-0.2, 0) is 12.8 Å². The molecule has 1 N–H and O–H groups in total. The van der Waals surface area contributed by atoms with Gasteiger partial charge in [0.2, 0.25) is 0 Å². The molecule has 7 heteroatoms. The van der Waals surface area contributed by atoms with Crippen LogP contribution in [0.2, 0.25) is 0 Å². The predicted molar refractivity (Wildman–Crippen MR) is 124 cm³/mol. The third-order valence-corrected chi connectivity index (χ3v) is 7.39. The Morgan fingerprint density at radius 1 is 1.30 bits per heavy atom. The molecule has 30 heavy (non-hydrogen) atoms. The maximum atomic E-state index is 12.3. The fourth-order valence-corrected chi connectivity index (χ4v) is 5.84. The molecule has 0 saturated heterocycles. The van der Waals surface area contributed by atoms with E-state index in [0.717, 1.165) is 51.3 Å². The molecule has 4 rings (SSSR count). The van der Waals surface area contributed by atoms with Gasteiger partial charge < -0.3 is 4.57 Å². The van der Waals surface area contributed by atoms with E-state index in [4.69, 9.17) is 0 Å². The zero-order chi connectivity index (χ0) is 21.3. The quantitative estimate of drug-likeness (QED) is 0.399. The molecule has 1 aromatic carbocycles. The second-order valence-electron chi connectivity index (χ2n) is 7.34. The highest BCUT2D eigenvalue weighted by molar-refractivity contribution is 9.10. The lowest BCUT2D eigenvalue weighted by molar-refractivity contribution is 0.0954. The summed E-state index contributed by atoms with van der Waals surface area (Å²) >= 11 is 5.11. The molecule has 0 bridgehead atoms. The number of carbonyl (C=O) groups is 1. The fraction of sp³-hybridized carbons (Fsp3) is 0.261. The largest absolute Gasteiger partial charge is 0.308 e. The van der Waals surface area contributed by atoms with Gasteiger partial charge in [0.25, 0.3) is 5.91 Å². The van der Waals surface area contributed by atoms with Gasteiger partial charge in [-0.15, -0.1) is 11.3 Å². The van der Waals surface area contributed by atoms with E-state index in [9.17, 15) is 10.1 Å². The number of hydrogen-bond acceptors (Lipinski definition) is 4. The van der Waals surface area contributed by atoms with Crippen LogP contribution in [0.1, 0.15) is 56.2 Å². The number of hydrogen-bond donors (Lipinski definition) is 1. The first-order chi connectivity index (χ1) is 14.5. The third-order valence-electron chi connectivity index (χ3n) is 5.43. The van der Waals surface area contributed by atoms with Crippen molar-refractivity contribution >= 4 is 39.4 Å². The van der Waals surface area contributed by atoms with E-state index in [1.54, 1.807) is 23.6 Å². The SMILES string of the molecule is Cc1cc(/C=N/NC(=O)c2ccccc2Br)c(C)n1-c1sc2c(c1C#N)CCCC2. The van der Waals surface area contributed by atoms with Crippen LogP contribution in [0.3, 0.4) is 0 Å². The van der Waals surface area contributed by atoms with Crippen LogP contribution >= 0.6 is 27.3 Å². The highest BCUT2D eigenvalue weighted by atomic mass is 79.9. The number of amides is 1. The van der Waals surface area contributed by atoms with Gasteiger partial charge in [0, 0.05) is 26.3 Å². The first-order valence-corrected chi connectivity index (χ1v) is 11.4. The molecule has 1 aliphatic carbocycles. The van der Waals surface area contributed by atoms with Gasteiger partial charge in [-0.1, -0.05) is 12.1 Å². The van der Waals surface area contributed by atoms with E-state index < -0.39 is 0 Å². The molecule has 0 atom stereocenters. The maximum Gasteiger partial charge on any atom is 0.272 e. The monoisotopic (exact) mass is 480 g/mol. The van der Waals surface area contributed by atoms with E-state index >= 15 is 0 Å². The number of aromatic nitrogens is 1. The highest BCUT2D eigenvalue weighted by Crippen LogP contribution is 2.38. The second-order valence-corrected chi connectivity index (χ2v) is 9.28. The predicted octanol–water partition coefficient (Wildman–Crippen LogP) is 5.43. The molecule has 0 radical (unpaired) electrons. The summed E-state index contributed by atoms with van der Waals surface area (Å²) in [5, 5.41) is 15.0. The van der Waals surface area contributed by atoms with Gasteiger partial charge in [0.1, 0.15) is 11.1 Å². The summed E-state index contributed by atoms with van der Waals surface area (Å²) in [5.41, 5.74) is 8.11. The first-order valence-electron chi connectivity index (χ1n) is 9.83. The van der Waals surface area contributed by atoms with Crippen LogP contribution in [0.15, 0.2) is 39.9 Å². The third kappa shape index (κ3) is 3.73. The van der Waals surface area contributed by atoms with Crippen molar-refractivity contribution in [1.82, 2.24) is 9.99 Å². The summed E-state index contributed by atoms with van der Waals surface area (Å²) in [5.74, 6) is -0.273. The molecule has 0 fully saturated rings. The van der Waals surface area contributed by atoms with Crippen molar-refractivity contribution in [2.45, 2.75) is 39.5 Å². The van der Waals surface area contributed by atoms with Crippen molar-refractivity contribution in [3.63, 3.8) is 0 Å². The Morgan fingerprint density at radius 2 is 2.07 bits per heavy atom. The van der Waals surface area contributed by atoms with Gasteiger partial charge in [-0.2, -0.15) is 10.4 Å². The van der Waals surface area contributed by atoms with E-state index in [1.807, 2.05) is 38.1 Å². The Kier molecular flexibility index (Phi) is 5.89. The minimum absolute atomic E-state index is 0.273. The highest BCUT2D eigenvalue weighted by Gasteiger charge is 2.23. The lowest BCUT2D eigenvalue weighted by Gasteiger charge is -2.10. The molecule has 1 amide bonds. The van der Waals surface area contributed by atoms with E-state index in [2.05, 4.69) is 37.1 Å². The summed E-state index contributed by atoms with van der Waals surface area (Å²) in [6, 6.07) is 11.7. The molecule has 2 heterocycles. The summed E-state index contributed by atoms with van der Waals surface area (Å²) < 4.78 is 2.86. The molecule has 0 saturated carbocycles. The second kappa shape index (κ2) is 8.58. The number of nitriles is 1. The van der Waals surface area contributed by atoms with Crippen molar-refractivity contribution in [3.05, 3.63) is 73.3 Å². The smallest absolute Gasteiger partial charge is 0.272 e. The van der Waals surface area contributed by atoms with Crippen molar-refractivity contribution in [2.75, 3.05) is 0 Å². The zero-order valence-corrected chi connectivity index (χ0v) is 19.2. The number of carbonyl (C=O) groups excluding carboxylic acids is 1. The van der Waals surface area contributed by atoms with Gasteiger partial charge in [0.15, 0.2) is 0 Å². The van der Waals surface area contributed by atoms with E-state index in [1.165, 1.54) is 16.9 Å². The molecule has 0 spiro atoms. The normalized spacial score (nSPS) is 13.3. The molecule has 3 aromatic rings. The molecule has 2 aromatic heterocycles. The zero-order valence-electron chi connectivity index (χ0n) is 16.8. The Bertz CT molecular complexity index is 1200. The van der Waals surface area contributed by atoms with Gasteiger partial charge >= 0.3 is 0 Å². The number of nitrogens with zero attached hydrogens (tertiary/aromatic N) is 3. The molecule has 5 nitrogen and oxygen atoms in total. The van der Waals surface area contributed by atoms with E-state index in [-0.39, 0.29) is 5.91 Å². The number of fused-ring (bicyclic) bond motifs is 1. The number of hydrazone groups is 1. The number of halogens is 1. The minimum Gasteiger partial charge on any atom is -0.308 e. The molecule has 1 aliphatic rings. The van der Waals surface area contributed by atoms with Crippen LogP contribution in [0.4, 0.5) is 0 Å². The molecular formula is C23H21BrN4OS. The first kappa shape index (κ1) is 20.6. The maximum absolute atomic E-state index is 12.3. The lowest BCUT2D eigenvalue weighted by atomic mass is 9.96. The minimum atomic E-state index is -0.273. The number of aryl methyl sites for hydroxylation is 2. The molecule has 152 valence electrons. The Labute approximate surface area is 188 Å². The number of nitrogens with one attached hydrogen (secondary N) is 1. The van der Waals surface area contributed by atoms with Crippen LogP contribution < -0.4 is 5.43 Å². The van der Waals surface area contributed by atoms with Crippen LogP contribution in [0.5, 0.6) is 0 Å². The average molecular weight is 481 g/mol. The van der Waals surface area contributed by atoms with Gasteiger partial charge in [0.05, 0.1) is 17.3 Å². The van der Waals surface area contributed by atoms with Gasteiger partial charge in [-0.3, -0.25) is 4.79 Å². The topological polar surface area (TPSA) is 70.2 Å². The summed E-state index contributed by atoms with van der Waals surface area (Å²) in [4.78, 5) is 13.7. The van der Waals surface area contributed by atoms with Crippen molar-refractivity contribution in [3.8, 4) is 11.1 Å². The number of benzene rings is 1. The molecular weight excluding hydrogens is 460 g/mol. The Morgan fingerprint density at radius 3 is 2.83 bits per heavy atom. The summed E-state index contributed by atoms with van der Waals surface area (Å²) in [6.07, 6.45) is 6.05. The van der Waals surface area contributed by atoms with Crippen LogP contribution in [0.25, 0.3) is 5.00 Å². The van der Waals surface area contributed by atoms with Gasteiger partial charge in [-0.25, -0.2) is 5.43 Å². The van der Waals surface area contributed by atoms with Crippen molar-refractivity contribution < 1.29 is 4.79 Å². The summed E-state index contributed by atoms with van der Waals surface area (Å²) in [7, 11) is 0. The average Bonchev–Trinajstić information content (AvgIpc) is 3.24. The van der Waals surface area contributed by atoms with Crippen molar-refractivity contribution in [1.29, 1.82) is 5.26 Å². The van der Waals surface area contributed by atoms with E-state index in [0.29, 0.717) is 5.56 Å². The van der Waals surface area contributed by atoms with Crippen molar-refractivity contribution in [2.24, 2.45) is 5.10 Å². The summed E-state index contributed by atoms with van der Waals surface area (Å²) in [6.45, 7) is 4.05. The van der Waals surface area contributed by atoms with Crippen LogP contribution in [0, 0.1) is 25.2 Å². The molecule has 0 unspecified atom stereocenters.